The number of carbonyl (C=O) groups excluding carboxylic acids is 1. The van der Waals surface area contributed by atoms with Gasteiger partial charge < -0.3 is 10.4 Å². The first kappa shape index (κ1) is 14.8. The highest BCUT2D eigenvalue weighted by Crippen LogP contribution is 2.27. The number of hydrogen-bond donors (Lipinski definition) is 2. The summed E-state index contributed by atoms with van der Waals surface area (Å²) in [6.45, 7) is 0. The van der Waals surface area contributed by atoms with Crippen LogP contribution in [0.1, 0.15) is 38.5 Å². The van der Waals surface area contributed by atoms with Crippen molar-refractivity contribution in [1.82, 2.24) is 10.4 Å². The Kier molecular flexibility index (Phi) is 5.91. The van der Waals surface area contributed by atoms with Crippen LogP contribution in [0.15, 0.2) is 0 Å². The van der Waals surface area contributed by atoms with E-state index in [1.54, 1.807) is 0 Å². The maximum Gasteiger partial charge on any atom is 0.405 e. The van der Waals surface area contributed by atoms with Crippen molar-refractivity contribution >= 4 is 12.0 Å². The lowest BCUT2D eigenvalue weighted by atomic mass is 9.84. The third-order valence-corrected chi connectivity index (χ3v) is 3.47. The van der Waals surface area contributed by atoms with E-state index < -0.39 is 12.1 Å². The number of carbonyl (C=O) groups is 2. The summed E-state index contributed by atoms with van der Waals surface area (Å²) in [7, 11) is 2.87. The summed E-state index contributed by atoms with van der Waals surface area (Å²) in [4.78, 5) is 27.5. The van der Waals surface area contributed by atoms with Gasteiger partial charge in [0.1, 0.15) is 6.04 Å². The van der Waals surface area contributed by atoms with Crippen LogP contribution in [-0.4, -0.2) is 42.4 Å². The lowest BCUT2D eigenvalue weighted by molar-refractivity contribution is -0.171. The molecule has 0 aliphatic heterocycles. The minimum absolute atomic E-state index is 0.342. The number of rotatable bonds is 5. The lowest BCUT2D eigenvalue weighted by Crippen LogP contribution is -2.47. The van der Waals surface area contributed by atoms with Gasteiger partial charge in [-0.25, -0.2) is 9.86 Å². The second kappa shape index (κ2) is 7.20. The number of likely N-dealkylation sites (N-methyl/N-ethyl adjacent to an activating group) is 1. The molecule has 0 aromatic carbocycles. The molecule has 6 heteroatoms. The van der Waals surface area contributed by atoms with E-state index in [1.165, 1.54) is 33.4 Å². The molecule has 6 nitrogen and oxygen atoms in total. The molecule has 2 N–H and O–H groups in total. The zero-order valence-electron chi connectivity index (χ0n) is 11.0. The summed E-state index contributed by atoms with van der Waals surface area (Å²) in [5.74, 6) is 0.0790. The van der Waals surface area contributed by atoms with Gasteiger partial charge in [-0.3, -0.25) is 9.63 Å². The number of hydrogen-bond acceptors (Lipinski definition) is 3. The largest absolute Gasteiger partial charge is 0.465 e. The van der Waals surface area contributed by atoms with Crippen LogP contribution in [0.2, 0.25) is 0 Å². The highest BCUT2D eigenvalue weighted by Gasteiger charge is 2.28. The summed E-state index contributed by atoms with van der Waals surface area (Å²) >= 11 is 0. The standard InChI is InChI=1S/C12H22N2O4/c1-14(18-2)11(15)10(13-12(16)17)8-9-6-4-3-5-7-9/h9-10,13H,3-8H2,1-2H3,(H,16,17)/t10-/m1/s1. The number of nitrogens with one attached hydrogen (secondary N) is 1. The Balaban J connectivity index is 2.58. The molecule has 104 valence electrons. The van der Waals surface area contributed by atoms with Crippen LogP contribution in [0.25, 0.3) is 0 Å². The van der Waals surface area contributed by atoms with Crippen molar-refractivity contribution < 1.29 is 19.5 Å². The fraction of sp³-hybridized carbons (Fsp3) is 0.833. The molecule has 0 bridgehead atoms. The fourth-order valence-corrected chi connectivity index (χ4v) is 2.44. The van der Waals surface area contributed by atoms with Gasteiger partial charge in [0.15, 0.2) is 0 Å². The normalized spacial score (nSPS) is 18.1. The average Bonchev–Trinajstić information content (AvgIpc) is 2.37. The Morgan fingerprint density at radius 2 is 2.00 bits per heavy atom. The van der Waals surface area contributed by atoms with Gasteiger partial charge in [-0.1, -0.05) is 32.1 Å². The van der Waals surface area contributed by atoms with E-state index in [0.29, 0.717) is 12.3 Å². The summed E-state index contributed by atoms with van der Waals surface area (Å²) in [5, 5.41) is 12.2. The van der Waals surface area contributed by atoms with Crippen molar-refractivity contribution in [2.45, 2.75) is 44.6 Å². The Morgan fingerprint density at radius 1 is 1.39 bits per heavy atom. The van der Waals surface area contributed by atoms with E-state index in [9.17, 15) is 9.59 Å². The van der Waals surface area contributed by atoms with Gasteiger partial charge in [0.05, 0.1) is 7.11 Å². The van der Waals surface area contributed by atoms with Crippen LogP contribution in [0.3, 0.4) is 0 Å². The van der Waals surface area contributed by atoms with Crippen LogP contribution in [0, 0.1) is 5.92 Å². The molecule has 0 spiro atoms. The minimum atomic E-state index is -1.17. The van der Waals surface area contributed by atoms with Gasteiger partial charge in [-0.05, 0) is 12.3 Å². The maximum atomic E-state index is 12.0. The third-order valence-electron chi connectivity index (χ3n) is 3.47. The maximum absolute atomic E-state index is 12.0. The summed E-state index contributed by atoms with van der Waals surface area (Å²) in [6, 6.07) is -0.712. The monoisotopic (exact) mass is 258 g/mol. The molecule has 1 fully saturated rings. The molecular weight excluding hydrogens is 236 g/mol. The van der Waals surface area contributed by atoms with Gasteiger partial charge in [-0.2, -0.15) is 0 Å². The number of amides is 2. The Hall–Kier alpha value is -1.30. The Labute approximate surface area is 107 Å². The zero-order chi connectivity index (χ0) is 13.5. The van der Waals surface area contributed by atoms with Gasteiger partial charge in [0.2, 0.25) is 0 Å². The van der Waals surface area contributed by atoms with Crippen LogP contribution in [0.4, 0.5) is 4.79 Å². The predicted molar refractivity (Wildman–Crippen MR) is 65.9 cm³/mol. The molecule has 1 atom stereocenters. The SMILES string of the molecule is CON(C)C(=O)[C@@H](CC1CCCCC1)NC(=O)O. The van der Waals surface area contributed by atoms with Crippen molar-refractivity contribution in [2.24, 2.45) is 5.92 Å². The number of nitrogens with zero attached hydrogens (tertiary/aromatic N) is 1. The highest BCUT2D eigenvalue weighted by molar-refractivity contribution is 5.84. The first-order valence-electron chi connectivity index (χ1n) is 6.35. The topological polar surface area (TPSA) is 78.9 Å². The van der Waals surface area contributed by atoms with E-state index in [2.05, 4.69) is 5.32 Å². The molecule has 1 aliphatic rings. The highest BCUT2D eigenvalue weighted by atomic mass is 16.7. The summed E-state index contributed by atoms with van der Waals surface area (Å²) in [5.41, 5.74) is 0. The molecule has 1 saturated carbocycles. The quantitative estimate of drug-likeness (QED) is 0.734. The Bertz CT molecular complexity index is 290. The van der Waals surface area contributed by atoms with Gasteiger partial charge in [0, 0.05) is 7.05 Å². The molecule has 18 heavy (non-hydrogen) atoms. The van der Waals surface area contributed by atoms with Crippen molar-refractivity contribution in [3.05, 3.63) is 0 Å². The van der Waals surface area contributed by atoms with Crippen molar-refractivity contribution in [1.29, 1.82) is 0 Å². The molecule has 0 radical (unpaired) electrons. The second-order valence-electron chi connectivity index (χ2n) is 4.76. The minimum Gasteiger partial charge on any atom is -0.465 e. The molecule has 1 aliphatic carbocycles. The molecular formula is C12H22N2O4. The van der Waals surface area contributed by atoms with Crippen molar-refractivity contribution in [3.63, 3.8) is 0 Å². The molecule has 0 aromatic heterocycles. The average molecular weight is 258 g/mol. The Morgan fingerprint density at radius 3 is 2.50 bits per heavy atom. The predicted octanol–water partition coefficient (Wildman–Crippen LogP) is 1.61. The molecule has 1 rings (SSSR count). The van der Waals surface area contributed by atoms with Crippen LogP contribution >= 0.6 is 0 Å². The molecule has 2 amide bonds. The van der Waals surface area contributed by atoms with E-state index in [0.717, 1.165) is 17.9 Å². The molecule has 0 aromatic rings. The molecule has 0 unspecified atom stereocenters. The fourth-order valence-electron chi connectivity index (χ4n) is 2.44. The van der Waals surface area contributed by atoms with E-state index in [1.807, 2.05) is 0 Å². The van der Waals surface area contributed by atoms with Crippen molar-refractivity contribution in [3.8, 4) is 0 Å². The van der Waals surface area contributed by atoms with E-state index in [4.69, 9.17) is 9.94 Å². The van der Waals surface area contributed by atoms with Gasteiger partial charge in [-0.15, -0.1) is 0 Å². The number of carboxylic acid groups (broad SMARTS) is 1. The number of hydroxylamine groups is 2. The van der Waals surface area contributed by atoms with Crippen LogP contribution in [0.5, 0.6) is 0 Å². The third kappa shape index (κ3) is 4.52. The van der Waals surface area contributed by atoms with Crippen molar-refractivity contribution in [2.75, 3.05) is 14.2 Å². The zero-order valence-corrected chi connectivity index (χ0v) is 11.0. The van der Waals surface area contributed by atoms with Crippen LogP contribution in [-0.2, 0) is 9.63 Å². The van der Waals surface area contributed by atoms with Crippen LogP contribution < -0.4 is 5.32 Å². The lowest BCUT2D eigenvalue weighted by Gasteiger charge is -2.27. The van der Waals surface area contributed by atoms with Gasteiger partial charge >= 0.3 is 6.09 Å². The van der Waals surface area contributed by atoms with E-state index >= 15 is 0 Å². The van der Waals surface area contributed by atoms with E-state index in [-0.39, 0.29) is 5.91 Å². The van der Waals surface area contributed by atoms with Gasteiger partial charge in [0.25, 0.3) is 5.91 Å². The first-order valence-corrected chi connectivity index (χ1v) is 6.35. The first-order chi connectivity index (χ1) is 8.54. The summed E-state index contributed by atoms with van der Waals surface area (Å²) in [6.07, 6.45) is 5.09. The summed E-state index contributed by atoms with van der Waals surface area (Å²) < 4.78 is 0. The molecule has 0 heterocycles. The smallest absolute Gasteiger partial charge is 0.405 e. The molecule has 0 saturated heterocycles. The second-order valence-corrected chi connectivity index (χ2v) is 4.76.